The van der Waals surface area contributed by atoms with Crippen LogP contribution in [0.15, 0.2) is 30.6 Å². The zero-order chi connectivity index (χ0) is 12.3. The van der Waals surface area contributed by atoms with Gasteiger partial charge in [-0.25, -0.2) is 9.67 Å². The normalized spacial score (nSPS) is 12.6. The quantitative estimate of drug-likeness (QED) is 0.876. The predicted octanol–water partition coefficient (Wildman–Crippen LogP) is 2.08. The molecule has 4 nitrogen and oxygen atoms in total. The molecule has 1 heterocycles. The average Bonchev–Trinajstić information content (AvgIpc) is 2.78. The van der Waals surface area contributed by atoms with Crippen molar-refractivity contribution in [1.29, 1.82) is 0 Å². The Morgan fingerprint density at radius 2 is 2.12 bits per heavy atom. The minimum absolute atomic E-state index is 0.612. The molecule has 0 saturated carbocycles. The van der Waals surface area contributed by atoms with E-state index in [1.165, 1.54) is 6.33 Å². The number of aliphatic hydroxyl groups excluding tert-OH is 1. The predicted molar refractivity (Wildman–Crippen MR) is 65.6 cm³/mol. The number of aliphatic hydroxyl groups is 1. The Morgan fingerprint density at radius 1 is 1.35 bits per heavy atom. The van der Waals surface area contributed by atoms with Crippen LogP contribution in [0.2, 0.25) is 0 Å². The topological polar surface area (TPSA) is 50.9 Å². The summed E-state index contributed by atoms with van der Waals surface area (Å²) in [6.07, 6.45) is 1.76. The smallest absolute Gasteiger partial charge is 0.160 e. The molecule has 17 heavy (non-hydrogen) atoms. The van der Waals surface area contributed by atoms with Crippen LogP contribution in [0.3, 0.4) is 0 Å². The molecule has 0 aliphatic carbocycles. The lowest BCUT2D eigenvalue weighted by molar-refractivity contribution is 0.201. The van der Waals surface area contributed by atoms with Crippen molar-refractivity contribution in [3.63, 3.8) is 0 Å². The SMILES string of the molecule is CCCn1ncnc1C(O)c1ccccc1C. The molecule has 90 valence electrons. The van der Waals surface area contributed by atoms with Gasteiger partial charge in [0.05, 0.1) is 0 Å². The summed E-state index contributed by atoms with van der Waals surface area (Å²) < 4.78 is 1.76. The monoisotopic (exact) mass is 231 g/mol. The number of aromatic nitrogens is 3. The minimum atomic E-state index is -0.703. The molecule has 2 aromatic rings. The molecule has 0 aliphatic heterocycles. The number of hydrogen-bond acceptors (Lipinski definition) is 3. The Hall–Kier alpha value is -1.68. The van der Waals surface area contributed by atoms with Gasteiger partial charge in [0.1, 0.15) is 12.4 Å². The number of hydrogen-bond donors (Lipinski definition) is 1. The highest BCUT2D eigenvalue weighted by Crippen LogP contribution is 2.22. The summed E-state index contributed by atoms with van der Waals surface area (Å²) in [6, 6.07) is 7.79. The van der Waals surface area contributed by atoms with E-state index in [2.05, 4.69) is 17.0 Å². The summed E-state index contributed by atoms with van der Waals surface area (Å²) in [7, 11) is 0. The summed E-state index contributed by atoms with van der Waals surface area (Å²) in [5, 5.41) is 14.5. The summed E-state index contributed by atoms with van der Waals surface area (Å²) in [4.78, 5) is 4.15. The Labute approximate surface area is 101 Å². The van der Waals surface area contributed by atoms with Gasteiger partial charge in [0.25, 0.3) is 0 Å². The fourth-order valence-corrected chi connectivity index (χ4v) is 1.90. The second kappa shape index (κ2) is 5.10. The van der Waals surface area contributed by atoms with E-state index in [-0.39, 0.29) is 0 Å². The maximum Gasteiger partial charge on any atom is 0.160 e. The van der Waals surface area contributed by atoms with Crippen LogP contribution in [-0.2, 0) is 6.54 Å². The molecule has 1 aromatic carbocycles. The van der Waals surface area contributed by atoms with E-state index in [1.54, 1.807) is 4.68 Å². The molecule has 0 saturated heterocycles. The molecule has 0 amide bonds. The van der Waals surface area contributed by atoms with Crippen molar-refractivity contribution in [2.75, 3.05) is 0 Å². The van der Waals surface area contributed by atoms with Gasteiger partial charge in [0.2, 0.25) is 0 Å². The minimum Gasteiger partial charge on any atom is -0.380 e. The van der Waals surface area contributed by atoms with Crippen LogP contribution < -0.4 is 0 Å². The second-order valence-corrected chi connectivity index (χ2v) is 4.10. The van der Waals surface area contributed by atoms with E-state index >= 15 is 0 Å². The number of nitrogens with zero attached hydrogens (tertiary/aromatic N) is 3. The summed E-state index contributed by atoms with van der Waals surface area (Å²) in [5.74, 6) is 0.612. The molecule has 0 fully saturated rings. The maximum absolute atomic E-state index is 10.3. The first-order valence-corrected chi connectivity index (χ1v) is 5.85. The Kier molecular flexibility index (Phi) is 3.54. The van der Waals surface area contributed by atoms with Crippen LogP contribution in [0, 0.1) is 6.92 Å². The standard InChI is InChI=1S/C13H17N3O/c1-3-8-16-13(14-9-15-16)12(17)11-7-5-4-6-10(11)2/h4-7,9,12,17H,3,8H2,1-2H3. The van der Waals surface area contributed by atoms with E-state index in [0.717, 1.165) is 24.1 Å². The van der Waals surface area contributed by atoms with Crippen LogP contribution in [0.4, 0.5) is 0 Å². The highest BCUT2D eigenvalue weighted by molar-refractivity contribution is 5.30. The Bertz CT molecular complexity index is 493. The summed E-state index contributed by atoms with van der Waals surface area (Å²) in [5.41, 5.74) is 1.95. The lowest BCUT2D eigenvalue weighted by atomic mass is 10.0. The number of aryl methyl sites for hydroxylation is 2. The van der Waals surface area contributed by atoms with Crippen LogP contribution in [0.25, 0.3) is 0 Å². The molecule has 1 aromatic heterocycles. The largest absolute Gasteiger partial charge is 0.380 e. The van der Waals surface area contributed by atoms with Crippen molar-refractivity contribution in [3.05, 3.63) is 47.5 Å². The third-order valence-electron chi connectivity index (χ3n) is 2.81. The van der Waals surface area contributed by atoms with Crippen molar-refractivity contribution in [3.8, 4) is 0 Å². The second-order valence-electron chi connectivity index (χ2n) is 4.10. The van der Waals surface area contributed by atoms with Crippen LogP contribution >= 0.6 is 0 Å². The van der Waals surface area contributed by atoms with Crippen LogP contribution in [0.5, 0.6) is 0 Å². The van der Waals surface area contributed by atoms with Gasteiger partial charge in [-0.1, -0.05) is 31.2 Å². The van der Waals surface area contributed by atoms with E-state index in [9.17, 15) is 5.11 Å². The highest BCUT2D eigenvalue weighted by atomic mass is 16.3. The molecule has 1 unspecified atom stereocenters. The Morgan fingerprint density at radius 3 is 2.82 bits per heavy atom. The molecule has 1 atom stereocenters. The van der Waals surface area contributed by atoms with Crippen molar-refractivity contribution < 1.29 is 5.11 Å². The molecule has 2 rings (SSSR count). The average molecular weight is 231 g/mol. The van der Waals surface area contributed by atoms with E-state index in [1.807, 2.05) is 31.2 Å². The lowest BCUT2D eigenvalue weighted by Gasteiger charge is -2.13. The first-order chi connectivity index (χ1) is 8.24. The van der Waals surface area contributed by atoms with E-state index in [0.29, 0.717) is 5.82 Å². The van der Waals surface area contributed by atoms with Gasteiger partial charge in [-0.05, 0) is 24.5 Å². The van der Waals surface area contributed by atoms with Gasteiger partial charge >= 0.3 is 0 Å². The van der Waals surface area contributed by atoms with Crippen molar-refractivity contribution in [1.82, 2.24) is 14.8 Å². The molecule has 4 heteroatoms. The molecule has 0 radical (unpaired) electrons. The number of rotatable bonds is 4. The van der Waals surface area contributed by atoms with Crippen molar-refractivity contribution in [2.45, 2.75) is 32.9 Å². The first kappa shape index (κ1) is 11.8. The van der Waals surface area contributed by atoms with Gasteiger partial charge in [-0.15, -0.1) is 0 Å². The van der Waals surface area contributed by atoms with Gasteiger partial charge in [0.15, 0.2) is 5.82 Å². The zero-order valence-corrected chi connectivity index (χ0v) is 10.2. The summed E-state index contributed by atoms with van der Waals surface area (Å²) >= 11 is 0. The lowest BCUT2D eigenvalue weighted by Crippen LogP contribution is -2.12. The zero-order valence-electron chi connectivity index (χ0n) is 10.2. The third kappa shape index (κ3) is 2.36. The van der Waals surface area contributed by atoms with Gasteiger partial charge < -0.3 is 5.11 Å². The summed E-state index contributed by atoms with van der Waals surface area (Å²) in [6.45, 7) is 4.84. The van der Waals surface area contributed by atoms with E-state index in [4.69, 9.17) is 0 Å². The van der Waals surface area contributed by atoms with Gasteiger partial charge in [-0.2, -0.15) is 5.10 Å². The molecule has 0 aliphatic rings. The van der Waals surface area contributed by atoms with Crippen molar-refractivity contribution >= 4 is 0 Å². The molecular weight excluding hydrogens is 214 g/mol. The fraction of sp³-hybridized carbons (Fsp3) is 0.385. The molecule has 1 N–H and O–H groups in total. The van der Waals surface area contributed by atoms with E-state index < -0.39 is 6.10 Å². The van der Waals surface area contributed by atoms with Crippen LogP contribution in [-0.4, -0.2) is 19.9 Å². The molecule has 0 bridgehead atoms. The van der Waals surface area contributed by atoms with Gasteiger partial charge in [0, 0.05) is 6.54 Å². The van der Waals surface area contributed by atoms with Crippen molar-refractivity contribution in [2.24, 2.45) is 0 Å². The molecule has 0 spiro atoms. The van der Waals surface area contributed by atoms with Gasteiger partial charge in [-0.3, -0.25) is 0 Å². The fourth-order valence-electron chi connectivity index (χ4n) is 1.90. The Balaban J connectivity index is 2.34. The van der Waals surface area contributed by atoms with Crippen LogP contribution in [0.1, 0.15) is 36.4 Å². The number of benzene rings is 1. The highest BCUT2D eigenvalue weighted by Gasteiger charge is 2.18. The first-order valence-electron chi connectivity index (χ1n) is 5.85. The molecular formula is C13H17N3O. The third-order valence-corrected chi connectivity index (χ3v) is 2.81. The maximum atomic E-state index is 10.3.